The van der Waals surface area contributed by atoms with Crippen LogP contribution in [0.2, 0.25) is 0 Å². The lowest BCUT2D eigenvalue weighted by molar-refractivity contribution is 0.414. The maximum absolute atomic E-state index is 13.1. The highest BCUT2D eigenvalue weighted by Crippen LogP contribution is 2.25. The van der Waals surface area contributed by atoms with E-state index in [1.54, 1.807) is 19.2 Å². The summed E-state index contributed by atoms with van der Waals surface area (Å²) in [5, 5.41) is 3.39. The average Bonchev–Trinajstić information content (AvgIpc) is 2.62. The van der Waals surface area contributed by atoms with Crippen molar-refractivity contribution in [3.8, 4) is 17.0 Å². The lowest BCUT2D eigenvalue weighted by Crippen LogP contribution is -2.09. The molecule has 25 heavy (non-hydrogen) atoms. The zero-order chi connectivity index (χ0) is 17.8. The van der Waals surface area contributed by atoms with Crippen molar-refractivity contribution in [2.45, 2.75) is 19.9 Å². The second-order valence-corrected chi connectivity index (χ2v) is 5.84. The van der Waals surface area contributed by atoms with Crippen LogP contribution in [0.1, 0.15) is 24.4 Å². The number of halogens is 1. The lowest BCUT2D eigenvalue weighted by atomic mass is 10.1. The van der Waals surface area contributed by atoms with Crippen molar-refractivity contribution in [3.05, 3.63) is 71.8 Å². The average molecular weight is 337 g/mol. The number of benzene rings is 2. The second-order valence-electron chi connectivity index (χ2n) is 5.84. The number of anilines is 1. The van der Waals surface area contributed by atoms with Crippen LogP contribution >= 0.6 is 0 Å². The van der Waals surface area contributed by atoms with Gasteiger partial charge in [0, 0.05) is 11.6 Å². The first-order chi connectivity index (χ1) is 12.0. The predicted octanol–water partition coefficient (Wildman–Crippen LogP) is 4.77. The molecule has 1 aromatic heterocycles. The van der Waals surface area contributed by atoms with Crippen LogP contribution in [0.15, 0.2) is 54.6 Å². The Morgan fingerprint density at radius 1 is 1.04 bits per heavy atom. The lowest BCUT2D eigenvalue weighted by Gasteiger charge is -2.16. The summed E-state index contributed by atoms with van der Waals surface area (Å²) in [4.78, 5) is 8.91. The molecule has 0 amide bonds. The van der Waals surface area contributed by atoms with Crippen LogP contribution in [-0.4, -0.2) is 17.1 Å². The smallest absolute Gasteiger partial charge is 0.130 e. The highest BCUT2D eigenvalue weighted by Gasteiger charge is 2.10. The molecule has 128 valence electrons. The van der Waals surface area contributed by atoms with Crippen molar-refractivity contribution in [1.82, 2.24) is 9.97 Å². The Hall–Kier alpha value is -2.95. The Morgan fingerprint density at radius 3 is 2.52 bits per heavy atom. The van der Waals surface area contributed by atoms with Crippen molar-refractivity contribution in [3.63, 3.8) is 0 Å². The summed E-state index contributed by atoms with van der Waals surface area (Å²) in [6.07, 6.45) is 0. The van der Waals surface area contributed by atoms with Gasteiger partial charge in [0.1, 0.15) is 23.2 Å². The molecular weight excluding hydrogens is 317 g/mol. The van der Waals surface area contributed by atoms with Gasteiger partial charge in [0.25, 0.3) is 0 Å². The van der Waals surface area contributed by atoms with Gasteiger partial charge in [-0.15, -0.1) is 0 Å². The summed E-state index contributed by atoms with van der Waals surface area (Å²) in [5.74, 6) is 1.93. The van der Waals surface area contributed by atoms with Gasteiger partial charge in [-0.05, 0) is 55.8 Å². The quantitative estimate of drug-likeness (QED) is 0.728. The normalized spacial score (nSPS) is 11.8. The molecule has 0 fully saturated rings. The van der Waals surface area contributed by atoms with E-state index >= 15 is 0 Å². The van der Waals surface area contributed by atoms with Crippen LogP contribution in [0.3, 0.4) is 0 Å². The first-order valence-electron chi connectivity index (χ1n) is 8.07. The van der Waals surface area contributed by atoms with Gasteiger partial charge >= 0.3 is 0 Å². The first-order valence-corrected chi connectivity index (χ1v) is 8.07. The van der Waals surface area contributed by atoms with E-state index in [9.17, 15) is 4.39 Å². The van der Waals surface area contributed by atoms with Gasteiger partial charge in [-0.3, -0.25) is 0 Å². The Labute approximate surface area is 146 Å². The van der Waals surface area contributed by atoms with E-state index in [1.807, 2.05) is 37.3 Å². The largest absolute Gasteiger partial charge is 0.497 e. The first kappa shape index (κ1) is 16.9. The third-order valence-electron chi connectivity index (χ3n) is 3.94. The molecular formula is C20H20FN3O. The molecule has 0 bridgehead atoms. The minimum atomic E-state index is -0.264. The Morgan fingerprint density at radius 2 is 1.80 bits per heavy atom. The van der Waals surface area contributed by atoms with E-state index in [-0.39, 0.29) is 11.9 Å². The van der Waals surface area contributed by atoms with Gasteiger partial charge in [0.2, 0.25) is 0 Å². The molecule has 0 aliphatic rings. The van der Waals surface area contributed by atoms with Gasteiger partial charge in [-0.1, -0.05) is 12.1 Å². The molecule has 3 rings (SSSR count). The van der Waals surface area contributed by atoms with E-state index < -0.39 is 0 Å². The molecule has 0 spiro atoms. The second kappa shape index (κ2) is 7.30. The minimum Gasteiger partial charge on any atom is -0.497 e. The highest BCUT2D eigenvalue weighted by atomic mass is 19.1. The molecule has 5 heteroatoms. The molecule has 1 heterocycles. The van der Waals surface area contributed by atoms with Gasteiger partial charge in [0.15, 0.2) is 0 Å². The topological polar surface area (TPSA) is 47.0 Å². The van der Waals surface area contributed by atoms with E-state index in [1.165, 1.54) is 12.1 Å². The summed E-state index contributed by atoms with van der Waals surface area (Å²) in [5.41, 5.74) is 2.70. The van der Waals surface area contributed by atoms with E-state index in [2.05, 4.69) is 22.2 Å². The van der Waals surface area contributed by atoms with E-state index in [0.717, 1.165) is 28.4 Å². The number of hydrogen-bond acceptors (Lipinski definition) is 4. The fraction of sp³-hybridized carbons (Fsp3) is 0.200. The third kappa shape index (κ3) is 4.12. The number of rotatable bonds is 5. The highest BCUT2D eigenvalue weighted by molar-refractivity contribution is 5.62. The summed E-state index contributed by atoms with van der Waals surface area (Å²) in [6.45, 7) is 3.90. The fourth-order valence-corrected chi connectivity index (χ4v) is 2.63. The standard InChI is InChI=1S/C20H20FN3O/c1-13(16-5-4-6-18(11-16)25-3)22-20-12-19(23-14(2)24-20)15-7-9-17(21)10-8-15/h4-13H,1-3H3,(H,22,23,24). The number of nitrogens with zero attached hydrogens (tertiary/aromatic N) is 2. The maximum atomic E-state index is 13.1. The molecule has 1 N–H and O–H groups in total. The van der Waals surface area contributed by atoms with Crippen LogP contribution in [0.25, 0.3) is 11.3 Å². The van der Waals surface area contributed by atoms with Gasteiger partial charge in [-0.2, -0.15) is 0 Å². The Balaban J connectivity index is 1.86. The van der Waals surface area contributed by atoms with Crippen molar-refractivity contribution >= 4 is 5.82 Å². The molecule has 4 nitrogen and oxygen atoms in total. The van der Waals surface area contributed by atoms with Gasteiger partial charge in [0.05, 0.1) is 18.8 Å². The molecule has 2 aromatic carbocycles. The fourth-order valence-electron chi connectivity index (χ4n) is 2.63. The molecule has 1 unspecified atom stereocenters. The van der Waals surface area contributed by atoms with E-state index in [4.69, 9.17) is 4.74 Å². The van der Waals surface area contributed by atoms with E-state index in [0.29, 0.717) is 5.82 Å². The summed E-state index contributed by atoms with van der Waals surface area (Å²) in [6, 6.07) is 16.1. The van der Waals surface area contributed by atoms with Crippen molar-refractivity contribution in [2.75, 3.05) is 12.4 Å². The number of methoxy groups -OCH3 is 1. The summed E-state index contributed by atoms with van der Waals surface area (Å²) >= 11 is 0. The van der Waals surface area contributed by atoms with Crippen LogP contribution < -0.4 is 10.1 Å². The Kier molecular flexibility index (Phi) is 4.93. The zero-order valence-electron chi connectivity index (χ0n) is 14.5. The predicted molar refractivity (Wildman–Crippen MR) is 97.2 cm³/mol. The zero-order valence-corrected chi connectivity index (χ0v) is 14.5. The summed E-state index contributed by atoms with van der Waals surface area (Å²) in [7, 11) is 1.65. The number of aromatic nitrogens is 2. The molecule has 0 aliphatic carbocycles. The number of nitrogens with one attached hydrogen (secondary N) is 1. The van der Waals surface area contributed by atoms with Crippen molar-refractivity contribution in [2.24, 2.45) is 0 Å². The maximum Gasteiger partial charge on any atom is 0.130 e. The molecule has 0 saturated carbocycles. The number of hydrogen-bond donors (Lipinski definition) is 1. The Bertz CT molecular complexity index is 865. The van der Waals surface area contributed by atoms with Gasteiger partial charge in [-0.25, -0.2) is 14.4 Å². The van der Waals surface area contributed by atoms with Crippen LogP contribution in [0.5, 0.6) is 5.75 Å². The number of aryl methyl sites for hydroxylation is 1. The van der Waals surface area contributed by atoms with Gasteiger partial charge < -0.3 is 10.1 Å². The molecule has 0 radical (unpaired) electrons. The van der Waals surface area contributed by atoms with Crippen LogP contribution in [0, 0.1) is 12.7 Å². The molecule has 3 aromatic rings. The van der Waals surface area contributed by atoms with Crippen LogP contribution in [0.4, 0.5) is 10.2 Å². The molecule has 0 saturated heterocycles. The molecule has 1 atom stereocenters. The SMILES string of the molecule is COc1cccc(C(C)Nc2cc(-c3ccc(F)cc3)nc(C)n2)c1. The van der Waals surface area contributed by atoms with Crippen molar-refractivity contribution in [1.29, 1.82) is 0 Å². The third-order valence-corrected chi connectivity index (χ3v) is 3.94. The molecule has 0 aliphatic heterocycles. The number of ether oxygens (including phenoxy) is 1. The monoisotopic (exact) mass is 337 g/mol. The van der Waals surface area contributed by atoms with Crippen molar-refractivity contribution < 1.29 is 9.13 Å². The van der Waals surface area contributed by atoms with Crippen LogP contribution in [-0.2, 0) is 0 Å². The minimum absolute atomic E-state index is 0.0467. The summed E-state index contributed by atoms with van der Waals surface area (Å²) < 4.78 is 18.4.